The zero-order valence-corrected chi connectivity index (χ0v) is 12.1. The number of non-ortho nitro benzene ring substituents is 1. The SMILES string of the molecule is CCOC(=O)N1CC[NH+](Cc2cccc([N+](=O)[O-])c2)CC1. The number of benzene rings is 1. The number of nitrogens with one attached hydrogen (secondary N) is 1. The minimum absolute atomic E-state index is 0.122. The number of piperazine rings is 1. The van der Waals surface area contributed by atoms with Gasteiger partial charge in [0.25, 0.3) is 5.69 Å². The Bertz CT molecular complexity index is 513. The molecular weight excluding hydrogens is 274 g/mol. The molecule has 1 N–H and O–H groups in total. The van der Waals surface area contributed by atoms with E-state index in [1.807, 2.05) is 6.07 Å². The van der Waals surface area contributed by atoms with E-state index in [4.69, 9.17) is 4.74 Å². The number of quaternary nitrogens is 1. The van der Waals surface area contributed by atoms with E-state index >= 15 is 0 Å². The van der Waals surface area contributed by atoms with Gasteiger partial charge < -0.3 is 9.64 Å². The zero-order chi connectivity index (χ0) is 15.2. The number of hydrogen-bond donors (Lipinski definition) is 1. The van der Waals surface area contributed by atoms with Crippen molar-refractivity contribution >= 4 is 11.8 Å². The van der Waals surface area contributed by atoms with E-state index in [1.165, 1.54) is 11.0 Å². The predicted octanol–water partition coefficient (Wildman–Crippen LogP) is 0.452. The second kappa shape index (κ2) is 7.03. The van der Waals surface area contributed by atoms with Gasteiger partial charge in [-0.3, -0.25) is 15.0 Å². The smallest absolute Gasteiger partial charge is 0.410 e. The van der Waals surface area contributed by atoms with Crippen LogP contribution < -0.4 is 4.90 Å². The highest BCUT2D eigenvalue weighted by Gasteiger charge is 2.24. The van der Waals surface area contributed by atoms with Crippen LogP contribution in [0.2, 0.25) is 0 Å². The third kappa shape index (κ3) is 4.16. The summed E-state index contributed by atoms with van der Waals surface area (Å²) in [4.78, 5) is 25.0. The molecule has 0 atom stereocenters. The Morgan fingerprint density at radius 2 is 2.14 bits per heavy atom. The minimum atomic E-state index is -0.377. The molecule has 1 heterocycles. The van der Waals surface area contributed by atoms with E-state index in [1.54, 1.807) is 24.0 Å². The minimum Gasteiger partial charge on any atom is -0.450 e. The fourth-order valence-electron chi connectivity index (χ4n) is 2.47. The molecule has 0 unspecified atom stereocenters. The number of nitro groups is 1. The lowest BCUT2D eigenvalue weighted by atomic mass is 10.2. The number of nitrogens with zero attached hydrogens (tertiary/aromatic N) is 2. The lowest BCUT2D eigenvalue weighted by Gasteiger charge is -2.31. The molecule has 1 aromatic rings. The summed E-state index contributed by atoms with van der Waals surface area (Å²) in [5.74, 6) is 0. The Balaban J connectivity index is 1.87. The van der Waals surface area contributed by atoms with Crippen LogP contribution in [0.1, 0.15) is 12.5 Å². The highest BCUT2D eigenvalue weighted by Crippen LogP contribution is 2.12. The highest BCUT2D eigenvalue weighted by molar-refractivity contribution is 5.67. The summed E-state index contributed by atoms with van der Waals surface area (Å²) in [6, 6.07) is 6.72. The largest absolute Gasteiger partial charge is 0.450 e. The second-order valence-corrected chi connectivity index (χ2v) is 5.04. The van der Waals surface area contributed by atoms with Crippen molar-refractivity contribution < 1.29 is 19.4 Å². The van der Waals surface area contributed by atoms with Crippen molar-refractivity contribution in [2.75, 3.05) is 32.8 Å². The molecule has 1 aromatic carbocycles. The van der Waals surface area contributed by atoms with E-state index in [0.29, 0.717) is 19.7 Å². The summed E-state index contributed by atoms with van der Waals surface area (Å²) >= 11 is 0. The number of rotatable bonds is 4. The zero-order valence-electron chi connectivity index (χ0n) is 12.1. The fraction of sp³-hybridized carbons (Fsp3) is 0.500. The molecule has 7 heteroatoms. The molecule has 0 bridgehead atoms. The molecule has 1 saturated heterocycles. The standard InChI is InChI=1S/C14H19N3O4/c1-2-21-14(18)16-8-6-15(7-9-16)11-12-4-3-5-13(10-12)17(19)20/h3-5,10H,2,6-9,11H2,1H3/p+1. The summed E-state index contributed by atoms with van der Waals surface area (Å²) < 4.78 is 4.98. The molecule has 1 amide bonds. The van der Waals surface area contributed by atoms with E-state index in [0.717, 1.165) is 25.2 Å². The molecule has 114 valence electrons. The maximum atomic E-state index is 11.6. The molecule has 1 fully saturated rings. The number of ether oxygens (including phenoxy) is 1. The summed E-state index contributed by atoms with van der Waals surface area (Å²) in [5.41, 5.74) is 1.07. The van der Waals surface area contributed by atoms with Crippen molar-refractivity contribution in [3.05, 3.63) is 39.9 Å². The van der Waals surface area contributed by atoms with E-state index in [2.05, 4.69) is 0 Å². The molecule has 1 aliphatic rings. The van der Waals surface area contributed by atoms with Gasteiger partial charge in [0.1, 0.15) is 6.54 Å². The van der Waals surface area contributed by atoms with Crippen LogP contribution in [0.4, 0.5) is 10.5 Å². The maximum Gasteiger partial charge on any atom is 0.410 e. The van der Waals surface area contributed by atoms with Gasteiger partial charge in [0.2, 0.25) is 0 Å². The van der Waals surface area contributed by atoms with E-state index in [9.17, 15) is 14.9 Å². The molecule has 0 spiro atoms. The molecule has 2 rings (SSSR count). The fourth-order valence-corrected chi connectivity index (χ4v) is 2.47. The van der Waals surface area contributed by atoms with Crippen molar-refractivity contribution in [2.45, 2.75) is 13.5 Å². The summed E-state index contributed by atoms with van der Waals surface area (Å²) in [7, 11) is 0. The Hall–Kier alpha value is -2.15. The molecule has 7 nitrogen and oxygen atoms in total. The van der Waals surface area contributed by atoms with Gasteiger partial charge in [-0.15, -0.1) is 0 Å². The Kier molecular flexibility index (Phi) is 5.10. The molecular formula is C14H20N3O4+. The van der Waals surface area contributed by atoms with Crippen LogP contribution in [-0.2, 0) is 11.3 Å². The van der Waals surface area contributed by atoms with Crippen LogP contribution in [0, 0.1) is 10.1 Å². The first-order valence-electron chi connectivity index (χ1n) is 7.08. The van der Waals surface area contributed by atoms with Crippen LogP contribution in [0.5, 0.6) is 0 Å². The van der Waals surface area contributed by atoms with Gasteiger partial charge in [-0.2, -0.15) is 0 Å². The monoisotopic (exact) mass is 294 g/mol. The number of carbonyl (C=O) groups is 1. The van der Waals surface area contributed by atoms with Crippen molar-refractivity contribution in [3.8, 4) is 0 Å². The van der Waals surface area contributed by atoms with Gasteiger partial charge in [0.15, 0.2) is 0 Å². The summed E-state index contributed by atoms with van der Waals surface area (Å²) in [5, 5.41) is 10.8. The maximum absolute atomic E-state index is 11.6. The highest BCUT2D eigenvalue weighted by atomic mass is 16.6. The van der Waals surface area contributed by atoms with Crippen molar-refractivity contribution in [1.82, 2.24) is 4.90 Å². The molecule has 21 heavy (non-hydrogen) atoms. The lowest BCUT2D eigenvalue weighted by Crippen LogP contribution is -3.13. The summed E-state index contributed by atoms with van der Waals surface area (Å²) in [6.07, 6.45) is -0.258. The Morgan fingerprint density at radius 1 is 1.43 bits per heavy atom. The van der Waals surface area contributed by atoms with Gasteiger partial charge >= 0.3 is 6.09 Å². The normalized spacial score (nSPS) is 15.8. The van der Waals surface area contributed by atoms with Crippen LogP contribution in [0.25, 0.3) is 0 Å². The number of amides is 1. The van der Waals surface area contributed by atoms with Crippen molar-refractivity contribution in [1.29, 1.82) is 0 Å². The Labute approximate surface area is 123 Å². The third-order valence-electron chi connectivity index (χ3n) is 3.57. The first-order chi connectivity index (χ1) is 10.1. The lowest BCUT2D eigenvalue weighted by molar-refractivity contribution is -0.917. The van der Waals surface area contributed by atoms with E-state index < -0.39 is 0 Å². The van der Waals surface area contributed by atoms with Gasteiger partial charge in [-0.05, 0) is 6.92 Å². The van der Waals surface area contributed by atoms with Gasteiger partial charge in [0.05, 0.1) is 37.7 Å². The summed E-state index contributed by atoms with van der Waals surface area (Å²) in [6.45, 7) is 5.87. The number of nitro benzene ring substituents is 1. The average Bonchev–Trinajstić information content (AvgIpc) is 2.48. The van der Waals surface area contributed by atoms with Gasteiger partial charge in [0, 0.05) is 17.7 Å². The molecule has 1 aliphatic heterocycles. The van der Waals surface area contributed by atoms with Gasteiger partial charge in [-0.1, -0.05) is 12.1 Å². The quantitative estimate of drug-likeness (QED) is 0.646. The number of carbonyl (C=O) groups excluding carboxylic acids is 1. The number of hydrogen-bond acceptors (Lipinski definition) is 4. The predicted molar refractivity (Wildman–Crippen MR) is 76.1 cm³/mol. The topological polar surface area (TPSA) is 77.1 Å². The Morgan fingerprint density at radius 3 is 2.76 bits per heavy atom. The first kappa shape index (κ1) is 15.2. The first-order valence-corrected chi connectivity index (χ1v) is 7.08. The van der Waals surface area contributed by atoms with Crippen molar-refractivity contribution in [3.63, 3.8) is 0 Å². The molecule has 0 aliphatic carbocycles. The van der Waals surface area contributed by atoms with E-state index in [-0.39, 0.29) is 16.7 Å². The molecule has 0 saturated carbocycles. The third-order valence-corrected chi connectivity index (χ3v) is 3.57. The van der Waals surface area contributed by atoms with Crippen molar-refractivity contribution in [2.24, 2.45) is 0 Å². The molecule has 0 radical (unpaired) electrons. The van der Waals surface area contributed by atoms with Gasteiger partial charge in [-0.25, -0.2) is 4.79 Å². The van der Waals surface area contributed by atoms with Crippen LogP contribution >= 0.6 is 0 Å². The molecule has 0 aromatic heterocycles. The average molecular weight is 294 g/mol. The van der Waals surface area contributed by atoms with Crippen LogP contribution in [-0.4, -0.2) is 48.7 Å². The second-order valence-electron chi connectivity index (χ2n) is 5.04. The van der Waals surface area contributed by atoms with Crippen LogP contribution in [0.15, 0.2) is 24.3 Å². The van der Waals surface area contributed by atoms with Crippen LogP contribution in [0.3, 0.4) is 0 Å².